The van der Waals surface area contributed by atoms with Gasteiger partial charge in [0, 0.05) is 5.39 Å². The summed E-state index contributed by atoms with van der Waals surface area (Å²) in [6.45, 7) is 5.28. The van der Waals surface area contributed by atoms with Crippen LogP contribution in [-0.4, -0.2) is 4.57 Å². The maximum atomic E-state index is 6.63. The monoisotopic (exact) mass is 403 g/mol. The number of imidazole rings is 1. The molecular weight excluding hydrogens is 375 g/mol. The van der Waals surface area contributed by atoms with E-state index in [2.05, 4.69) is 61.1 Å². The minimum Gasteiger partial charge on any atom is -0.219 e. The molecule has 0 atom stereocenters. The van der Waals surface area contributed by atoms with Crippen LogP contribution in [0.5, 0.6) is 0 Å². The van der Waals surface area contributed by atoms with Crippen LogP contribution in [0.1, 0.15) is 57.4 Å². The fourth-order valence-corrected chi connectivity index (χ4v) is 4.15. The van der Waals surface area contributed by atoms with Gasteiger partial charge in [-0.3, -0.25) is 0 Å². The van der Waals surface area contributed by atoms with E-state index in [-0.39, 0.29) is 0 Å². The van der Waals surface area contributed by atoms with Gasteiger partial charge < -0.3 is 0 Å². The predicted molar refractivity (Wildman–Crippen MR) is 116 cm³/mol. The van der Waals surface area contributed by atoms with Crippen molar-refractivity contribution in [2.45, 2.75) is 65.3 Å². The van der Waals surface area contributed by atoms with E-state index in [1.165, 1.54) is 54.9 Å². The third-order valence-electron chi connectivity index (χ3n) is 5.23. The van der Waals surface area contributed by atoms with Crippen LogP contribution in [0.2, 0.25) is 10.3 Å². The van der Waals surface area contributed by atoms with E-state index in [0.29, 0.717) is 10.3 Å². The van der Waals surface area contributed by atoms with E-state index in [4.69, 9.17) is 23.2 Å². The molecule has 2 nitrogen and oxygen atoms in total. The zero-order chi connectivity index (χ0) is 19.2. The molecular formula is C23H29Cl2N2+. The lowest BCUT2D eigenvalue weighted by Gasteiger charge is -2.07. The number of halogens is 2. The summed E-state index contributed by atoms with van der Waals surface area (Å²) in [5.74, 6) is 0. The van der Waals surface area contributed by atoms with Gasteiger partial charge in [0.05, 0.1) is 6.54 Å². The fourth-order valence-electron chi connectivity index (χ4n) is 3.69. The molecule has 1 heterocycles. The second-order valence-corrected chi connectivity index (χ2v) is 8.05. The Hall–Kier alpha value is -1.51. The minimum atomic E-state index is 0.582. The molecule has 27 heavy (non-hydrogen) atoms. The summed E-state index contributed by atoms with van der Waals surface area (Å²) in [5, 5.41) is 3.60. The molecule has 0 spiro atoms. The number of nitrogens with zero attached hydrogens (tertiary/aromatic N) is 2. The lowest BCUT2D eigenvalue weighted by atomic mass is 10.0. The van der Waals surface area contributed by atoms with Crippen molar-refractivity contribution in [2.75, 3.05) is 0 Å². The molecule has 144 valence electrons. The first kappa shape index (κ1) is 20.2. The molecule has 0 radical (unpaired) electrons. The number of benzene rings is 2. The number of fused-ring (bicyclic) bond motifs is 1. The molecule has 0 amide bonds. The molecule has 4 heteroatoms. The van der Waals surface area contributed by atoms with Crippen molar-refractivity contribution in [3.05, 3.63) is 58.6 Å². The summed E-state index contributed by atoms with van der Waals surface area (Å²) in [6, 6.07) is 12.7. The Balaban J connectivity index is 1.77. The smallest absolute Gasteiger partial charge is 0.219 e. The molecule has 0 saturated carbocycles. The number of aromatic nitrogens is 2. The Morgan fingerprint density at radius 3 is 2.37 bits per heavy atom. The largest absolute Gasteiger partial charge is 0.260 e. The van der Waals surface area contributed by atoms with Gasteiger partial charge >= 0.3 is 0 Å². The third-order valence-corrected chi connectivity index (χ3v) is 6.09. The Morgan fingerprint density at radius 2 is 1.59 bits per heavy atom. The molecule has 3 aromatic rings. The van der Waals surface area contributed by atoms with Crippen LogP contribution in [0.25, 0.3) is 16.5 Å². The molecule has 0 saturated heterocycles. The van der Waals surface area contributed by atoms with Gasteiger partial charge in [0.25, 0.3) is 16.6 Å². The van der Waals surface area contributed by atoms with Gasteiger partial charge in [-0.05, 0) is 53.9 Å². The van der Waals surface area contributed by atoms with Crippen molar-refractivity contribution in [3.8, 4) is 5.69 Å². The topological polar surface area (TPSA) is 8.81 Å². The zero-order valence-corrected chi connectivity index (χ0v) is 17.9. The van der Waals surface area contributed by atoms with Crippen molar-refractivity contribution in [3.63, 3.8) is 0 Å². The summed E-state index contributed by atoms with van der Waals surface area (Å²) in [6.07, 6.45) is 11.1. The van der Waals surface area contributed by atoms with E-state index in [1.807, 2.05) is 4.57 Å². The van der Waals surface area contributed by atoms with E-state index in [0.717, 1.165) is 18.7 Å². The van der Waals surface area contributed by atoms with Gasteiger partial charge in [-0.1, -0.05) is 75.4 Å². The first-order valence-corrected chi connectivity index (χ1v) is 10.8. The molecule has 0 aliphatic rings. The first-order chi connectivity index (χ1) is 13.1. The van der Waals surface area contributed by atoms with Crippen LogP contribution in [0.15, 0.2) is 42.7 Å². The SMILES string of the molecule is CCCCCCCCC[n+]1cn(-c2c(C)ccc3ccccc23)c(Cl)c1Cl. The summed E-state index contributed by atoms with van der Waals surface area (Å²) >= 11 is 13.2. The second-order valence-electron chi connectivity index (χ2n) is 7.33. The van der Waals surface area contributed by atoms with E-state index >= 15 is 0 Å². The Labute approximate surface area is 172 Å². The van der Waals surface area contributed by atoms with Gasteiger partial charge in [-0.15, -0.1) is 0 Å². The van der Waals surface area contributed by atoms with Crippen molar-refractivity contribution in [2.24, 2.45) is 0 Å². The Kier molecular flexibility index (Phi) is 7.20. The van der Waals surface area contributed by atoms with Crippen LogP contribution in [0, 0.1) is 6.92 Å². The van der Waals surface area contributed by atoms with Gasteiger partial charge in [0.15, 0.2) is 0 Å². The Morgan fingerprint density at radius 1 is 0.889 bits per heavy atom. The molecule has 1 aromatic heterocycles. The lowest BCUT2D eigenvalue weighted by molar-refractivity contribution is -0.694. The quantitative estimate of drug-likeness (QED) is 0.262. The highest BCUT2D eigenvalue weighted by Crippen LogP contribution is 2.30. The number of unbranched alkanes of at least 4 members (excludes halogenated alkanes) is 6. The minimum absolute atomic E-state index is 0.582. The van der Waals surface area contributed by atoms with Crippen LogP contribution >= 0.6 is 23.2 Å². The fraction of sp³-hybridized carbons (Fsp3) is 0.435. The zero-order valence-electron chi connectivity index (χ0n) is 16.3. The van der Waals surface area contributed by atoms with Crippen LogP contribution in [-0.2, 0) is 6.54 Å². The van der Waals surface area contributed by atoms with Crippen LogP contribution in [0.3, 0.4) is 0 Å². The molecule has 0 N–H and O–H groups in total. The van der Waals surface area contributed by atoms with Gasteiger partial charge in [0.2, 0.25) is 0 Å². The average molecular weight is 404 g/mol. The number of aryl methyl sites for hydroxylation is 2. The van der Waals surface area contributed by atoms with Crippen molar-refractivity contribution in [1.29, 1.82) is 0 Å². The average Bonchev–Trinajstić information content (AvgIpc) is 2.95. The first-order valence-electron chi connectivity index (χ1n) is 10.1. The standard InChI is InChI=1S/C23H29Cl2N2/c1-3-4-5-6-7-8-11-16-26-17-27(23(25)22(26)24)21-18(2)14-15-19-12-9-10-13-20(19)21/h9-10,12-15,17H,3-8,11,16H2,1-2H3/q+1. The summed E-state index contributed by atoms with van der Waals surface area (Å²) < 4.78 is 4.11. The molecule has 0 aliphatic carbocycles. The van der Waals surface area contributed by atoms with E-state index in [9.17, 15) is 0 Å². The number of hydrogen-bond donors (Lipinski definition) is 0. The summed E-state index contributed by atoms with van der Waals surface area (Å²) in [4.78, 5) is 0. The predicted octanol–water partition coefficient (Wildman–Crippen LogP) is 7.28. The maximum absolute atomic E-state index is 6.63. The van der Waals surface area contributed by atoms with Gasteiger partial charge in [-0.25, -0.2) is 4.57 Å². The maximum Gasteiger partial charge on any atom is 0.260 e. The van der Waals surface area contributed by atoms with Crippen molar-refractivity contribution in [1.82, 2.24) is 4.57 Å². The molecule has 0 bridgehead atoms. The molecule has 0 fully saturated rings. The highest BCUT2D eigenvalue weighted by molar-refractivity contribution is 6.40. The van der Waals surface area contributed by atoms with Crippen LogP contribution in [0.4, 0.5) is 0 Å². The Bertz CT molecular complexity index is 899. The lowest BCUT2D eigenvalue weighted by Crippen LogP contribution is -2.32. The molecule has 0 unspecified atom stereocenters. The van der Waals surface area contributed by atoms with E-state index < -0.39 is 0 Å². The van der Waals surface area contributed by atoms with Crippen molar-refractivity contribution < 1.29 is 4.57 Å². The number of hydrogen-bond acceptors (Lipinski definition) is 0. The van der Waals surface area contributed by atoms with Gasteiger partial charge in [-0.2, -0.15) is 4.57 Å². The van der Waals surface area contributed by atoms with Crippen LogP contribution < -0.4 is 4.57 Å². The highest BCUT2D eigenvalue weighted by Gasteiger charge is 2.24. The van der Waals surface area contributed by atoms with E-state index in [1.54, 1.807) is 0 Å². The van der Waals surface area contributed by atoms with Gasteiger partial charge in [0.1, 0.15) is 5.69 Å². The third kappa shape index (κ3) is 4.67. The normalized spacial score (nSPS) is 11.4. The molecule has 0 aliphatic heterocycles. The second kappa shape index (κ2) is 9.61. The molecule has 2 aromatic carbocycles. The molecule has 3 rings (SSSR count). The summed E-state index contributed by atoms with van der Waals surface area (Å²) in [5.41, 5.74) is 2.30. The summed E-state index contributed by atoms with van der Waals surface area (Å²) in [7, 11) is 0. The van der Waals surface area contributed by atoms with Crippen molar-refractivity contribution >= 4 is 34.0 Å². The highest BCUT2D eigenvalue weighted by atomic mass is 35.5. The number of rotatable bonds is 9.